The maximum atomic E-state index is 11.5. The smallest absolute Gasteiger partial charge is 0.348 e. The molecule has 7 nitrogen and oxygen atoms in total. The van der Waals surface area contributed by atoms with E-state index in [2.05, 4.69) is 10.3 Å². The van der Waals surface area contributed by atoms with Crippen LogP contribution in [0, 0.1) is 0 Å². The summed E-state index contributed by atoms with van der Waals surface area (Å²) in [5.41, 5.74) is 0.855. The molecule has 0 fully saturated rings. The summed E-state index contributed by atoms with van der Waals surface area (Å²) in [5.74, 6) is -3.11. The number of carbonyl (C=O) groups excluding carboxylic acids is 1. The summed E-state index contributed by atoms with van der Waals surface area (Å²) < 4.78 is 0. The maximum absolute atomic E-state index is 11.5. The molecular formula is C14H10N2O5S. The molecule has 0 aliphatic rings. The van der Waals surface area contributed by atoms with Crippen LogP contribution < -0.4 is 5.32 Å². The van der Waals surface area contributed by atoms with E-state index in [1.54, 1.807) is 30.3 Å². The van der Waals surface area contributed by atoms with Crippen molar-refractivity contribution in [2.75, 3.05) is 5.32 Å². The van der Waals surface area contributed by atoms with Gasteiger partial charge in [0.25, 0.3) is 0 Å². The number of hydrogen-bond acceptors (Lipinski definition) is 5. The van der Waals surface area contributed by atoms with Crippen LogP contribution in [0.4, 0.5) is 5.13 Å². The maximum Gasteiger partial charge on any atom is 0.348 e. The van der Waals surface area contributed by atoms with Crippen LogP contribution in [0.1, 0.15) is 9.67 Å². The van der Waals surface area contributed by atoms with Crippen LogP contribution >= 0.6 is 11.3 Å². The summed E-state index contributed by atoms with van der Waals surface area (Å²) >= 11 is 0.801. The van der Waals surface area contributed by atoms with Gasteiger partial charge in [-0.15, -0.1) is 0 Å². The molecule has 0 saturated heterocycles. The molecule has 8 heteroatoms. The van der Waals surface area contributed by atoms with Gasteiger partial charge in [-0.2, -0.15) is 0 Å². The normalized spacial score (nSPS) is 10.5. The van der Waals surface area contributed by atoms with Gasteiger partial charge >= 0.3 is 11.9 Å². The average Bonchev–Trinajstić information content (AvgIpc) is 2.90. The Kier molecular flexibility index (Phi) is 4.64. The summed E-state index contributed by atoms with van der Waals surface area (Å²) in [6.45, 7) is 0. The third-order valence-corrected chi connectivity index (χ3v) is 3.43. The Bertz CT molecular complexity index is 752. The highest BCUT2D eigenvalue weighted by Crippen LogP contribution is 2.31. The van der Waals surface area contributed by atoms with Gasteiger partial charge in [-0.1, -0.05) is 41.7 Å². The van der Waals surface area contributed by atoms with Crippen LogP contribution in [0.25, 0.3) is 11.3 Å². The zero-order chi connectivity index (χ0) is 16.1. The van der Waals surface area contributed by atoms with E-state index in [-0.39, 0.29) is 15.7 Å². The number of benzene rings is 1. The van der Waals surface area contributed by atoms with E-state index in [1.165, 1.54) is 0 Å². The van der Waals surface area contributed by atoms with E-state index in [1.807, 2.05) is 0 Å². The SMILES string of the molecule is O=C(O)/C=C/C(=O)Nc1nc(-c2ccccc2)c(C(=O)O)s1. The zero-order valence-electron chi connectivity index (χ0n) is 11.0. The topological polar surface area (TPSA) is 117 Å². The summed E-state index contributed by atoms with van der Waals surface area (Å²) in [6, 6.07) is 8.69. The molecule has 0 bridgehead atoms. The summed E-state index contributed by atoms with van der Waals surface area (Å²) in [6.07, 6.45) is 1.51. The molecule has 112 valence electrons. The lowest BCUT2D eigenvalue weighted by Crippen LogP contribution is -2.08. The van der Waals surface area contributed by atoms with E-state index in [9.17, 15) is 19.5 Å². The summed E-state index contributed by atoms with van der Waals surface area (Å²) in [7, 11) is 0. The molecule has 2 aromatic rings. The number of aromatic nitrogens is 1. The van der Waals surface area contributed by atoms with Gasteiger partial charge in [0, 0.05) is 17.7 Å². The molecular weight excluding hydrogens is 308 g/mol. The fourth-order valence-corrected chi connectivity index (χ4v) is 2.43. The molecule has 2 rings (SSSR count). The summed E-state index contributed by atoms with van der Waals surface area (Å²) in [4.78, 5) is 37.2. The number of anilines is 1. The zero-order valence-corrected chi connectivity index (χ0v) is 11.8. The molecule has 0 radical (unpaired) electrons. The standard InChI is InChI=1S/C14H10N2O5S/c17-9(6-7-10(18)19)15-14-16-11(12(22-14)13(20)21)8-4-2-1-3-5-8/h1-7H,(H,18,19)(H,20,21)(H,15,16,17)/b7-6+. The van der Waals surface area contributed by atoms with Crippen LogP contribution in [0.15, 0.2) is 42.5 Å². The second-order valence-electron chi connectivity index (χ2n) is 4.03. The third-order valence-electron chi connectivity index (χ3n) is 2.48. The lowest BCUT2D eigenvalue weighted by Gasteiger charge is -1.97. The first-order valence-electron chi connectivity index (χ1n) is 5.99. The molecule has 0 atom stereocenters. The molecule has 0 spiro atoms. The Morgan fingerprint density at radius 2 is 1.77 bits per heavy atom. The largest absolute Gasteiger partial charge is 0.478 e. The van der Waals surface area contributed by atoms with E-state index < -0.39 is 17.8 Å². The highest BCUT2D eigenvalue weighted by Gasteiger charge is 2.19. The van der Waals surface area contributed by atoms with Gasteiger partial charge in [-0.25, -0.2) is 14.6 Å². The van der Waals surface area contributed by atoms with Gasteiger partial charge in [0.05, 0.1) is 5.69 Å². The molecule has 1 amide bonds. The lowest BCUT2D eigenvalue weighted by molar-refractivity contribution is -0.131. The first kappa shape index (κ1) is 15.4. The Labute approximate surface area is 128 Å². The van der Waals surface area contributed by atoms with Crippen LogP contribution in [0.2, 0.25) is 0 Å². The molecule has 0 saturated carbocycles. The molecule has 1 aromatic heterocycles. The van der Waals surface area contributed by atoms with Crippen LogP contribution in [-0.2, 0) is 9.59 Å². The number of amides is 1. The van der Waals surface area contributed by atoms with Crippen LogP contribution in [-0.4, -0.2) is 33.0 Å². The van der Waals surface area contributed by atoms with Crippen molar-refractivity contribution in [3.8, 4) is 11.3 Å². The monoisotopic (exact) mass is 318 g/mol. The second-order valence-corrected chi connectivity index (χ2v) is 5.03. The van der Waals surface area contributed by atoms with Crippen molar-refractivity contribution in [1.29, 1.82) is 0 Å². The van der Waals surface area contributed by atoms with Gasteiger partial charge in [0.2, 0.25) is 5.91 Å². The number of aliphatic carboxylic acids is 1. The van der Waals surface area contributed by atoms with E-state index in [0.29, 0.717) is 11.6 Å². The van der Waals surface area contributed by atoms with Crippen molar-refractivity contribution in [1.82, 2.24) is 4.98 Å². The number of carboxylic acids is 2. The van der Waals surface area contributed by atoms with Crippen molar-refractivity contribution in [2.24, 2.45) is 0 Å². The molecule has 22 heavy (non-hydrogen) atoms. The average molecular weight is 318 g/mol. The van der Waals surface area contributed by atoms with Gasteiger partial charge < -0.3 is 10.2 Å². The molecule has 0 aliphatic heterocycles. The lowest BCUT2D eigenvalue weighted by atomic mass is 10.1. The Morgan fingerprint density at radius 1 is 1.09 bits per heavy atom. The van der Waals surface area contributed by atoms with Gasteiger partial charge in [-0.05, 0) is 0 Å². The van der Waals surface area contributed by atoms with Crippen molar-refractivity contribution in [3.05, 3.63) is 47.4 Å². The number of nitrogens with one attached hydrogen (secondary N) is 1. The quantitative estimate of drug-likeness (QED) is 0.727. The minimum absolute atomic E-state index is 0.0104. The van der Waals surface area contributed by atoms with Gasteiger partial charge in [-0.3, -0.25) is 10.1 Å². The summed E-state index contributed by atoms with van der Waals surface area (Å²) in [5, 5.41) is 20.1. The predicted molar refractivity (Wildman–Crippen MR) is 79.9 cm³/mol. The molecule has 1 heterocycles. The van der Waals surface area contributed by atoms with E-state index in [4.69, 9.17) is 5.11 Å². The number of hydrogen-bond donors (Lipinski definition) is 3. The minimum atomic E-state index is -1.26. The van der Waals surface area contributed by atoms with Gasteiger partial charge in [0.15, 0.2) is 5.13 Å². The van der Waals surface area contributed by atoms with Gasteiger partial charge in [0.1, 0.15) is 4.88 Å². The highest BCUT2D eigenvalue weighted by atomic mass is 32.1. The number of carbonyl (C=O) groups is 3. The van der Waals surface area contributed by atoms with E-state index >= 15 is 0 Å². The Morgan fingerprint density at radius 3 is 2.36 bits per heavy atom. The number of aromatic carboxylic acids is 1. The van der Waals surface area contributed by atoms with Crippen LogP contribution in [0.5, 0.6) is 0 Å². The van der Waals surface area contributed by atoms with Crippen molar-refractivity contribution >= 4 is 34.3 Å². The first-order chi connectivity index (χ1) is 10.5. The fourth-order valence-electron chi connectivity index (χ4n) is 1.60. The third kappa shape index (κ3) is 3.76. The Hall–Kier alpha value is -3.00. The van der Waals surface area contributed by atoms with Crippen molar-refractivity contribution < 1.29 is 24.6 Å². The number of carboxylic acid groups (broad SMARTS) is 2. The highest BCUT2D eigenvalue weighted by molar-refractivity contribution is 7.18. The van der Waals surface area contributed by atoms with E-state index in [0.717, 1.165) is 17.4 Å². The molecule has 1 aromatic carbocycles. The predicted octanol–water partition coefficient (Wildman–Crippen LogP) is 2.09. The fraction of sp³-hybridized carbons (Fsp3) is 0. The minimum Gasteiger partial charge on any atom is -0.478 e. The first-order valence-corrected chi connectivity index (χ1v) is 6.80. The van der Waals surface area contributed by atoms with Crippen LogP contribution in [0.3, 0.4) is 0 Å². The van der Waals surface area contributed by atoms with Crippen molar-refractivity contribution in [3.63, 3.8) is 0 Å². The Balaban J connectivity index is 2.30. The molecule has 0 aliphatic carbocycles. The number of rotatable bonds is 5. The number of thiazole rings is 1. The molecule has 0 unspecified atom stereocenters. The number of nitrogens with zero attached hydrogens (tertiary/aromatic N) is 1. The van der Waals surface area contributed by atoms with Crippen molar-refractivity contribution in [2.45, 2.75) is 0 Å². The molecule has 3 N–H and O–H groups in total. The second kappa shape index (κ2) is 6.64.